The van der Waals surface area contributed by atoms with Gasteiger partial charge in [-0.1, -0.05) is 29.8 Å². The highest BCUT2D eigenvalue weighted by molar-refractivity contribution is 7.99. The summed E-state index contributed by atoms with van der Waals surface area (Å²) in [5.41, 5.74) is 2.49. The zero-order valence-corrected chi connectivity index (χ0v) is 13.8. The average molecular weight is 321 g/mol. The van der Waals surface area contributed by atoms with Crippen LogP contribution in [0.25, 0.3) is 0 Å². The molecule has 1 saturated heterocycles. The number of benzene rings is 1. The molecule has 22 heavy (non-hydrogen) atoms. The molecule has 1 N–H and O–H groups in total. The molecule has 0 aliphatic carbocycles. The summed E-state index contributed by atoms with van der Waals surface area (Å²) in [4.78, 5) is 24.7. The van der Waals surface area contributed by atoms with Crippen LogP contribution in [-0.2, 0) is 15.3 Å². The Morgan fingerprint density at radius 2 is 2.05 bits per heavy atom. The number of nitrogens with zero attached hydrogens (tertiary/aromatic N) is 1. The molecule has 1 heterocycles. The van der Waals surface area contributed by atoms with E-state index in [1.165, 1.54) is 11.1 Å². The summed E-state index contributed by atoms with van der Waals surface area (Å²) in [6, 6.07) is 8.34. The van der Waals surface area contributed by atoms with Gasteiger partial charge >= 0.3 is 5.97 Å². The Hall–Kier alpha value is -1.49. The third-order valence-electron chi connectivity index (χ3n) is 4.01. The summed E-state index contributed by atoms with van der Waals surface area (Å²) >= 11 is 1.64. The number of aryl methyl sites for hydroxylation is 1. The third kappa shape index (κ3) is 5.37. The molecule has 1 aliphatic heterocycles. The van der Waals surface area contributed by atoms with Crippen LogP contribution in [0.4, 0.5) is 0 Å². The molecule has 1 aromatic carbocycles. The van der Waals surface area contributed by atoms with E-state index in [1.807, 2.05) is 11.0 Å². The summed E-state index contributed by atoms with van der Waals surface area (Å²) in [6.45, 7) is 3.46. The van der Waals surface area contributed by atoms with Crippen LogP contribution in [0.1, 0.15) is 30.4 Å². The number of hydrogen-bond donors (Lipinski definition) is 1. The van der Waals surface area contributed by atoms with Crippen LogP contribution in [0, 0.1) is 12.8 Å². The summed E-state index contributed by atoms with van der Waals surface area (Å²) in [6.07, 6.45) is 1.84. The van der Waals surface area contributed by atoms with Gasteiger partial charge in [-0.15, -0.1) is 11.8 Å². The van der Waals surface area contributed by atoms with Crippen LogP contribution in [0.2, 0.25) is 0 Å². The molecular weight excluding hydrogens is 298 g/mol. The average Bonchev–Trinajstić information content (AvgIpc) is 2.47. The molecule has 1 aliphatic rings. The molecule has 0 bridgehead atoms. The number of carboxylic acid groups (broad SMARTS) is 1. The minimum atomic E-state index is -0.738. The fourth-order valence-electron chi connectivity index (χ4n) is 2.78. The number of carbonyl (C=O) groups excluding carboxylic acids is 1. The Bertz CT molecular complexity index is 524. The van der Waals surface area contributed by atoms with E-state index in [9.17, 15) is 9.59 Å². The SMILES string of the molecule is Cc1cccc(CSCC(=O)N2CCC(CC(=O)O)CC2)c1. The molecule has 5 heteroatoms. The highest BCUT2D eigenvalue weighted by atomic mass is 32.2. The van der Waals surface area contributed by atoms with E-state index in [0.717, 1.165) is 18.6 Å². The summed E-state index contributed by atoms with van der Waals surface area (Å²) in [5.74, 6) is 1.01. The molecule has 0 unspecified atom stereocenters. The molecule has 1 aromatic rings. The molecule has 1 amide bonds. The normalized spacial score (nSPS) is 15.8. The smallest absolute Gasteiger partial charge is 0.303 e. The van der Waals surface area contributed by atoms with Gasteiger partial charge in [0.15, 0.2) is 0 Å². The lowest BCUT2D eigenvalue weighted by molar-refractivity contribution is -0.138. The first kappa shape index (κ1) is 16.9. The molecule has 0 spiro atoms. The number of hydrogen-bond acceptors (Lipinski definition) is 3. The minimum absolute atomic E-state index is 0.173. The van der Waals surface area contributed by atoms with Crippen LogP contribution in [0.5, 0.6) is 0 Å². The standard InChI is InChI=1S/C17H23NO3S/c1-13-3-2-4-15(9-13)11-22-12-16(19)18-7-5-14(6-8-18)10-17(20)21/h2-4,9,14H,5-8,10-12H2,1H3,(H,20,21). The number of carbonyl (C=O) groups is 2. The number of amides is 1. The van der Waals surface area contributed by atoms with Crippen molar-refractivity contribution in [3.05, 3.63) is 35.4 Å². The summed E-state index contributed by atoms with van der Waals surface area (Å²) < 4.78 is 0. The van der Waals surface area contributed by atoms with Crippen LogP contribution in [-0.4, -0.2) is 40.7 Å². The third-order valence-corrected chi connectivity index (χ3v) is 5.00. The monoisotopic (exact) mass is 321 g/mol. The zero-order chi connectivity index (χ0) is 15.9. The van der Waals surface area contributed by atoms with E-state index in [0.29, 0.717) is 18.8 Å². The van der Waals surface area contributed by atoms with Crippen molar-refractivity contribution in [2.45, 2.75) is 31.9 Å². The van der Waals surface area contributed by atoms with E-state index >= 15 is 0 Å². The topological polar surface area (TPSA) is 57.6 Å². The highest BCUT2D eigenvalue weighted by Gasteiger charge is 2.23. The Balaban J connectivity index is 1.69. The maximum Gasteiger partial charge on any atom is 0.303 e. The van der Waals surface area contributed by atoms with Crippen LogP contribution in [0.15, 0.2) is 24.3 Å². The lowest BCUT2D eigenvalue weighted by Crippen LogP contribution is -2.39. The van der Waals surface area contributed by atoms with E-state index in [4.69, 9.17) is 5.11 Å². The predicted octanol–water partition coefficient (Wildman–Crippen LogP) is 2.94. The maximum atomic E-state index is 12.2. The first-order valence-corrected chi connectivity index (χ1v) is 8.83. The lowest BCUT2D eigenvalue weighted by Gasteiger charge is -2.31. The van der Waals surface area contributed by atoms with Gasteiger partial charge in [0.05, 0.1) is 5.75 Å². The lowest BCUT2D eigenvalue weighted by atomic mass is 9.94. The van der Waals surface area contributed by atoms with Gasteiger partial charge in [0.25, 0.3) is 0 Å². The number of rotatable bonds is 6. The van der Waals surface area contributed by atoms with Crippen molar-refractivity contribution in [3.63, 3.8) is 0 Å². The molecular formula is C17H23NO3S. The molecule has 0 saturated carbocycles. The van der Waals surface area contributed by atoms with Gasteiger partial charge in [-0.05, 0) is 31.2 Å². The van der Waals surface area contributed by atoms with E-state index < -0.39 is 5.97 Å². The predicted molar refractivity (Wildman–Crippen MR) is 88.9 cm³/mol. The van der Waals surface area contributed by atoms with Crippen molar-refractivity contribution in [3.8, 4) is 0 Å². The van der Waals surface area contributed by atoms with Gasteiger partial charge in [0, 0.05) is 25.3 Å². The van der Waals surface area contributed by atoms with Gasteiger partial charge in [0.2, 0.25) is 5.91 Å². The molecule has 120 valence electrons. The summed E-state index contributed by atoms with van der Waals surface area (Å²) in [7, 11) is 0. The van der Waals surface area contributed by atoms with Gasteiger partial charge in [-0.2, -0.15) is 0 Å². The molecule has 0 atom stereocenters. The van der Waals surface area contributed by atoms with Gasteiger partial charge in [-0.25, -0.2) is 0 Å². The van der Waals surface area contributed by atoms with E-state index in [-0.39, 0.29) is 18.2 Å². The fraction of sp³-hybridized carbons (Fsp3) is 0.529. The van der Waals surface area contributed by atoms with Crippen LogP contribution < -0.4 is 0 Å². The Labute approximate surface area is 135 Å². The quantitative estimate of drug-likeness (QED) is 0.875. The van der Waals surface area contributed by atoms with Crippen molar-refractivity contribution in [2.24, 2.45) is 5.92 Å². The van der Waals surface area contributed by atoms with Crippen molar-refractivity contribution in [1.29, 1.82) is 0 Å². The van der Waals surface area contributed by atoms with Crippen molar-refractivity contribution in [1.82, 2.24) is 4.90 Å². The molecule has 1 fully saturated rings. The Kier molecular flexibility index (Phi) is 6.31. The van der Waals surface area contributed by atoms with Gasteiger partial charge < -0.3 is 10.0 Å². The van der Waals surface area contributed by atoms with Crippen molar-refractivity contribution >= 4 is 23.6 Å². The first-order valence-electron chi connectivity index (χ1n) is 7.67. The van der Waals surface area contributed by atoms with Crippen molar-refractivity contribution < 1.29 is 14.7 Å². The summed E-state index contributed by atoms with van der Waals surface area (Å²) in [5, 5.41) is 8.80. The first-order chi connectivity index (χ1) is 10.5. The van der Waals surface area contributed by atoms with E-state index in [2.05, 4.69) is 25.1 Å². The second-order valence-electron chi connectivity index (χ2n) is 5.90. The Morgan fingerprint density at radius 1 is 1.32 bits per heavy atom. The number of carboxylic acids is 1. The number of piperidine rings is 1. The highest BCUT2D eigenvalue weighted by Crippen LogP contribution is 2.21. The maximum absolute atomic E-state index is 12.2. The van der Waals surface area contributed by atoms with E-state index in [1.54, 1.807) is 11.8 Å². The second kappa shape index (κ2) is 8.22. The van der Waals surface area contributed by atoms with Crippen molar-refractivity contribution in [2.75, 3.05) is 18.8 Å². The number of likely N-dealkylation sites (tertiary alicyclic amines) is 1. The Morgan fingerprint density at radius 3 is 2.68 bits per heavy atom. The zero-order valence-electron chi connectivity index (χ0n) is 13.0. The largest absolute Gasteiger partial charge is 0.481 e. The number of thioether (sulfide) groups is 1. The molecule has 0 radical (unpaired) electrons. The van der Waals surface area contributed by atoms with Crippen LogP contribution >= 0.6 is 11.8 Å². The van der Waals surface area contributed by atoms with Crippen LogP contribution in [0.3, 0.4) is 0 Å². The molecule has 2 rings (SSSR count). The van der Waals surface area contributed by atoms with Gasteiger partial charge in [0.1, 0.15) is 0 Å². The fourth-order valence-corrected chi connectivity index (χ4v) is 3.66. The number of aliphatic carboxylic acids is 1. The second-order valence-corrected chi connectivity index (χ2v) is 6.89. The molecule has 0 aromatic heterocycles. The minimum Gasteiger partial charge on any atom is -0.481 e. The molecule has 4 nitrogen and oxygen atoms in total. The van der Waals surface area contributed by atoms with Gasteiger partial charge in [-0.3, -0.25) is 9.59 Å².